The van der Waals surface area contributed by atoms with Crippen molar-refractivity contribution in [3.8, 4) is 11.5 Å². The lowest BCUT2D eigenvalue weighted by molar-refractivity contribution is 0.546. The Labute approximate surface area is 83.3 Å². The Hall–Kier alpha value is -1.23. The van der Waals surface area contributed by atoms with Crippen LogP contribution >= 0.6 is 15.9 Å². The summed E-state index contributed by atoms with van der Waals surface area (Å²) < 4.78 is 6.13. The van der Waals surface area contributed by atoms with Crippen LogP contribution in [-0.4, -0.2) is 9.97 Å². The molecule has 0 amide bonds. The molecule has 0 spiro atoms. The van der Waals surface area contributed by atoms with Gasteiger partial charge >= 0.3 is 0 Å². The van der Waals surface area contributed by atoms with Crippen LogP contribution in [0.1, 0.15) is 5.76 Å². The molecule has 2 rings (SSSR count). The van der Waals surface area contributed by atoms with E-state index in [1.54, 1.807) is 0 Å². The molecule has 2 aromatic rings. The second-order valence-corrected chi connectivity index (χ2v) is 3.49. The van der Waals surface area contributed by atoms with Gasteiger partial charge in [0.1, 0.15) is 16.1 Å². The summed E-state index contributed by atoms with van der Waals surface area (Å²) in [4.78, 5) is 6.91. The highest BCUT2D eigenvalue weighted by molar-refractivity contribution is 9.10. The van der Waals surface area contributed by atoms with E-state index in [0.717, 1.165) is 10.4 Å². The summed E-state index contributed by atoms with van der Waals surface area (Å²) >= 11 is 3.31. The van der Waals surface area contributed by atoms with E-state index < -0.39 is 0 Å². The highest BCUT2D eigenvalue weighted by Crippen LogP contribution is 2.27. The van der Waals surface area contributed by atoms with Crippen LogP contribution in [0.25, 0.3) is 11.5 Å². The molecule has 0 saturated carbocycles. The van der Waals surface area contributed by atoms with Gasteiger partial charge in [-0.2, -0.15) is 0 Å². The standard InChI is InChI=1S/C8H8BrN3O/c1-4-2-3-5(13-4)6-7(9)12-8(10)11-6/h2-3H,1H3,(H3,10,11,12). The van der Waals surface area contributed by atoms with Gasteiger partial charge in [-0.25, -0.2) is 4.98 Å². The van der Waals surface area contributed by atoms with Gasteiger partial charge in [0.05, 0.1) is 0 Å². The zero-order chi connectivity index (χ0) is 9.42. The van der Waals surface area contributed by atoms with Crippen molar-refractivity contribution in [2.45, 2.75) is 6.92 Å². The van der Waals surface area contributed by atoms with Crippen molar-refractivity contribution in [3.63, 3.8) is 0 Å². The lowest BCUT2D eigenvalue weighted by Crippen LogP contribution is -1.84. The quantitative estimate of drug-likeness (QED) is 0.806. The fraction of sp³-hybridized carbons (Fsp3) is 0.125. The summed E-state index contributed by atoms with van der Waals surface area (Å²) in [5.41, 5.74) is 6.18. The van der Waals surface area contributed by atoms with E-state index in [-0.39, 0.29) is 0 Å². The van der Waals surface area contributed by atoms with E-state index in [1.807, 2.05) is 19.1 Å². The van der Waals surface area contributed by atoms with Gasteiger partial charge < -0.3 is 15.1 Å². The van der Waals surface area contributed by atoms with Crippen molar-refractivity contribution in [1.82, 2.24) is 9.97 Å². The fourth-order valence-corrected chi connectivity index (χ4v) is 1.58. The second-order valence-electron chi connectivity index (χ2n) is 2.69. The van der Waals surface area contributed by atoms with E-state index >= 15 is 0 Å². The highest BCUT2D eigenvalue weighted by Gasteiger charge is 2.11. The molecular formula is C8H8BrN3O. The van der Waals surface area contributed by atoms with E-state index in [2.05, 4.69) is 25.9 Å². The largest absolute Gasteiger partial charge is 0.460 e. The van der Waals surface area contributed by atoms with Crippen LogP contribution in [0.4, 0.5) is 5.95 Å². The molecule has 5 heteroatoms. The molecule has 2 heterocycles. The van der Waals surface area contributed by atoms with Crippen LogP contribution < -0.4 is 5.73 Å². The van der Waals surface area contributed by atoms with Gasteiger partial charge in [0.2, 0.25) is 0 Å². The predicted molar refractivity (Wildman–Crippen MR) is 53.1 cm³/mol. The summed E-state index contributed by atoms with van der Waals surface area (Å²) in [6, 6.07) is 3.74. The Morgan fingerprint density at radius 1 is 1.54 bits per heavy atom. The number of nitrogen functional groups attached to an aromatic ring is 1. The van der Waals surface area contributed by atoms with Gasteiger partial charge in [-0.15, -0.1) is 0 Å². The molecule has 0 unspecified atom stereocenters. The third kappa shape index (κ3) is 1.47. The molecule has 0 atom stereocenters. The maximum Gasteiger partial charge on any atom is 0.199 e. The Morgan fingerprint density at radius 2 is 2.31 bits per heavy atom. The molecule has 0 aliphatic carbocycles. The number of nitrogens with two attached hydrogens (primary N) is 1. The number of hydrogen-bond donors (Lipinski definition) is 2. The van der Waals surface area contributed by atoms with E-state index in [0.29, 0.717) is 17.4 Å². The Bertz CT molecular complexity index is 432. The van der Waals surface area contributed by atoms with Crippen LogP contribution in [0.5, 0.6) is 0 Å². The molecule has 68 valence electrons. The number of nitrogens with zero attached hydrogens (tertiary/aromatic N) is 1. The molecule has 2 aromatic heterocycles. The third-order valence-electron chi connectivity index (χ3n) is 1.65. The number of aromatic amines is 1. The number of H-pyrrole nitrogens is 1. The average Bonchev–Trinajstić information content (AvgIpc) is 2.58. The van der Waals surface area contributed by atoms with Crippen LogP contribution in [0.15, 0.2) is 21.2 Å². The van der Waals surface area contributed by atoms with Gasteiger partial charge in [0.25, 0.3) is 0 Å². The fourth-order valence-electron chi connectivity index (χ4n) is 1.09. The van der Waals surface area contributed by atoms with Gasteiger partial charge in [-0.05, 0) is 35.0 Å². The van der Waals surface area contributed by atoms with Crippen LogP contribution in [0.2, 0.25) is 0 Å². The molecule has 0 bridgehead atoms. The number of anilines is 1. The first-order chi connectivity index (χ1) is 6.16. The smallest absolute Gasteiger partial charge is 0.199 e. The monoisotopic (exact) mass is 241 g/mol. The van der Waals surface area contributed by atoms with Crippen LogP contribution in [0.3, 0.4) is 0 Å². The van der Waals surface area contributed by atoms with Crippen molar-refractivity contribution in [2.24, 2.45) is 0 Å². The number of halogens is 1. The number of furan rings is 1. The number of rotatable bonds is 1. The van der Waals surface area contributed by atoms with Gasteiger partial charge in [-0.1, -0.05) is 0 Å². The summed E-state index contributed by atoms with van der Waals surface area (Å²) in [6.07, 6.45) is 0. The SMILES string of the molecule is Cc1ccc(-c2nc(N)[nH]c2Br)o1. The van der Waals surface area contributed by atoms with Crippen molar-refractivity contribution in [1.29, 1.82) is 0 Å². The number of nitrogens with one attached hydrogen (secondary N) is 1. The molecule has 0 saturated heterocycles. The first kappa shape index (κ1) is 8.37. The van der Waals surface area contributed by atoms with Crippen molar-refractivity contribution in [2.75, 3.05) is 5.73 Å². The molecular weight excluding hydrogens is 234 g/mol. The topological polar surface area (TPSA) is 67.8 Å². The predicted octanol–water partition coefficient (Wildman–Crippen LogP) is 2.32. The van der Waals surface area contributed by atoms with Crippen molar-refractivity contribution < 1.29 is 4.42 Å². The average molecular weight is 242 g/mol. The second kappa shape index (κ2) is 2.92. The summed E-state index contributed by atoms with van der Waals surface area (Å²) in [5, 5.41) is 0. The number of imidazole rings is 1. The van der Waals surface area contributed by atoms with E-state index in [1.165, 1.54) is 0 Å². The minimum atomic E-state index is 0.371. The van der Waals surface area contributed by atoms with Crippen LogP contribution in [0, 0.1) is 6.92 Å². The lowest BCUT2D eigenvalue weighted by atomic mass is 10.3. The van der Waals surface area contributed by atoms with Crippen LogP contribution in [-0.2, 0) is 0 Å². The first-order valence-electron chi connectivity index (χ1n) is 3.74. The van der Waals surface area contributed by atoms with E-state index in [4.69, 9.17) is 10.2 Å². The van der Waals surface area contributed by atoms with Crippen molar-refractivity contribution in [3.05, 3.63) is 22.5 Å². The molecule has 0 radical (unpaired) electrons. The number of hydrogen-bond acceptors (Lipinski definition) is 3. The maximum atomic E-state index is 5.49. The summed E-state index contributed by atoms with van der Waals surface area (Å²) in [5.74, 6) is 1.93. The highest BCUT2D eigenvalue weighted by atomic mass is 79.9. The lowest BCUT2D eigenvalue weighted by Gasteiger charge is -1.89. The zero-order valence-corrected chi connectivity index (χ0v) is 8.55. The summed E-state index contributed by atoms with van der Waals surface area (Å²) in [7, 11) is 0. The molecule has 4 nitrogen and oxygen atoms in total. The minimum Gasteiger partial charge on any atom is -0.460 e. The normalized spacial score (nSPS) is 10.6. The third-order valence-corrected chi connectivity index (χ3v) is 2.23. The van der Waals surface area contributed by atoms with Gasteiger partial charge in [0.15, 0.2) is 11.7 Å². The number of aromatic nitrogens is 2. The maximum absolute atomic E-state index is 5.49. The van der Waals surface area contributed by atoms with E-state index in [9.17, 15) is 0 Å². The molecule has 0 aromatic carbocycles. The molecule has 3 N–H and O–H groups in total. The molecule has 0 aliphatic rings. The molecule has 0 aliphatic heterocycles. The minimum absolute atomic E-state index is 0.371. The molecule has 0 fully saturated rings. The Kier molecular flexibility index (Phi) is 1.88. The van der Waals surface area contributed by atoms with Gasteiger partial charge in [-0.3, -0.25) is 0 Å². The van der Waals surface area contributed by atoms with Crippen molar-refractivity contribution >= 4 is 21.9 Å². The zero-order valence-electron chi connectivity index (χ0n) is 6.97. The van der Waals surface area contributed by atoms with Gasteiger partial charge in [0, 0.05) is 0 Å². The Morgan fingerprint density at radius 3 is 2.77 bits per heavy atom. The first-order valence-corrected chi connectivity index (χ1v) is 4.54. The summed E-state index contributed by atoms with van der Waals surface area (Å²) in [6.45, 7) is 1.88. The number of aryl methyl sites for hydroxylation is 1. The molecule has 13 heavy (non-hydrogen) atoms. The Balaban J connectivity index is 2.51.